The van der Waals surface area contributed by atoms with Gasteiger partial charge in [0.15, 0.2) is 0 Å². The van der Waals surface area contributed by atoms with E-state index in [9.17, 15) is 4.79 Å². The van der Waals surface area contributed by atoms with Gasteiger partial charge in [-0.1, -0.05) is 0 Å². The van der Waals surface area contributed by atoms with Crippen molar-refractivity contribution in [3.05, 3.63) is 29.8 Å². The van der Waals surface area contributed by atoms with Crippen LogP contribution in [0.25, 0.3) is 0 Å². The molecule has 0 heterocycles. The average molecular weight is 280 g/mol. The summed E-state index contributed by atoms with van der Waals surface area (Å²) in [6.45, 7) is 3.49. The fourth-order valence-electron chi connectivity index (χ4n) is 1.74. The smallest absolute Gasteiger partial charge is 0.335 e. The van der Waals surface area contributed by atoms with Crippen molar-refractivity contribution in [2.45, 2.75) is 12.8 Å². The van der Waals surface area contributed by atoms with Crippen molar-refractivity contribution in [2.75, 3.05) is 40.3 Å². The molecule has 0 amide bonds. The van der Waals surface area contributed by atoms with Gasteiger partial charge in [0, 0.05) is 6.54 Å². The SMILES string of the molecule is CN(C)CCCCNCCOc1ccc(C(=O)O)cc1. The molecular formula is C15H24N2O3. The third kappa shape index (κ3) is 7.11. The normalized spacial score (nSPS) is 10.8. The number of benzene rings is 1. The molecule has 0 saturated carbocycles. The van der Waals surface area contributed by atoms with Gasteiger partial charge in [-0.3, -0.25) is 0 Å². The molecule has 5 heteroatoms. The van der Waals surface area contributed by atoms with Gasteiger partial charge in [0.25, 0.3) is 0 Å². The summed E-state index contributed by atoms with van der Waals surface area (Å²) < 4.78 is 5.52. The van der Waals surface area contributed by atoms with Crippen LogP contribution in [-0.4, -0.2) is 56.3 Å². The van der Waals surface area contributed by atoms with E-state index in [1.807, 2.05) is 0 Å². The van der Waals surface area contributed by atoms with E-state index in [0.29, 0.717) is 12.4 Å². The minimum atomic E-state index is -0.920. The largest absolute Gasteiger partial charge is 0.492 e. The van der Waals surface area contributed by atoms with Gasteiger partial charge in [-0.15, -0.1) is 0 Å². The lowest BCUT2D eigenvalue weighted by molar-refractivity contribution is 0.0697. The van der Waals surface area contributed by atoms with E-state index in [1.54, 1.807) is 24.3 Å². The van der Waals surface area contributed by atoms with Crippen molar-refractivity contribution in [1.82, 2.24) is 10.2 Å². The first-order valence-corrected chi connectivity index (χ1v) is 6.91. The van der Waals surface area contributed by atoms with Gasteiger partial charge in [-0.25, -0.2) is 4.79 Å². The number of nitrogens with zero attached hydrogens (tertiary/aromatic N) is 1. The highest BCUT2D eigenvalue weighted by molar-refractivity contribution is 5.87. The Balaban J connectivity index is 2.05. The van der Waals surface area contributed by atoms with Crippen LogP contribution in [0.4, 0.5) is 0 Å². The first kappa shape index (κ1) is 16.5. The van der Waals surface area contributed by atoms with E-state index < -0.39 is 5.97 Å². The van der Waals surface area contributed by atoms with Crippen LogP contribution in [0, 0.1) is 0 Å². The molecule has 0 aliphatic rings. The summed E-state index contributed by atoms with van der Waals surface area (Å²) in [6, 6.07) is 6.46. The van der Waals surface area contributed by atoms with Crippen molar-refractivity contribution in [3.63, 3.8) is 0 Å². The second-order valence-electron chi connectivity index (χ2n) is 4.94. The number of carboxylic acid groups (broad SMARTS) is 1. The standard InChI is InChI=1S/C15H24N2O3/c1-17(2)11-4-3-9-16-10-12-20-14-7-5-13(6-8-14)15(18)19/h5-8,16H,3-4,9-12H2,1-2H3,(H,18,19). The van der Waals surface area contributed by atoms with E-state index >= 15 is 0 Å². The Morgan fingerprint density at radius 3 is 2.50 bits per heavy atom. The Morgan fingerprint density at radius 2 is 1.90 bits per heavy atom. The molecule has 0 fully saturated rings. The number of hydrogen-bond donors (Lipinski definition) is 2. The second kappa shape index (κ2) is 9.34. The molecule has 1 rings (SSSR count). The molecule has 112 valence electrons. The zero-order valence-electron chi connectivity index (χ0n) is 12.3. The quantitative estimate of drug-likeness (QED) is 0.639. The molecule has 1 aromatic carbocycles. The third-order valence-electron chi connectivity index (χ3n) is 2.86. The lowest BCUT2D eigenvalue weighted by Crippen LogP contribution is -2.23. The van der Waals surface area contributed by atoms with E-state index in [2.05, 4.69) is 24.3 Å². The predicted octanol–water partition coefficient (Wildman–Crippen LogP) is 1.69. The molecule has 1 aromatic rings. The fourth-order valence-corrected chi connectivity index (χ4v) is 1.74. The molecule has 0 unspecified atom stereocenters. The van der Waals surface area contributed by atoms with Gasteiger partial charge in [0.05, 0.1) is 5.56 Å². The van der Waals surface area contributed by atoms with Crippen molar-refractivity contribution >= 4 is 5.97 Å². The number of nitrogens with one attached hydrogen (secondary N) is 1. The molecule has 0 aliphatic heterocycles. The van der Waals surface area contributed by atoms with Crippen molar-refractivity contribution in [1.29, 1.82) is 0 Å². The van der Waals surface area contributed by atoms with Crippen LogP contribution in [0.5, 0.6) is 5.75 Å². The maximum Gasteiger partial charge on any atom is 0.335 e. The highest BCUT2D eigenvalue weighted by Gasteiger charge is 2.01. The maximum absolute atomic E-state index is 10.7. The van der Waals surface area contributed by atoms with Gasteiger partial charge in [-0.2, -0.15) is 0 Å². The Labute approximate surface area is 120 Å². The fraction of sp³-hybridized carbons (Fsp3) is 0.533. The van der Waals surface area contributed by atoms with Crippen molar-refractivity contribution in [2.24, 2.45) is 0 Å². The lowest BCUT2D eigenvalue weighted by Gasteiger charge is -2.10. The topological polar surface area (TPSA) is 61.8 Å². The molecule has 0 aromatic heterocycles. The van der Waals surface area contributed by atoms with Crippen LogP contribution in [0.15, 0.2) is 24.3 Å². The molecule has 0 saturated heterocycles. The van der Waals surface area contributed by atoms with E-state index in [4.69, 9.17) is 9.84 Å². The average Bonchev–Trinajstić information content (AvgIpc) is 2.42. The summed E-state index contributed by atoms with van der Waals surface area (Å²) in [5.74, 6) is -0.222. The molecule has 0 spiro atoms. The lowest BCUT2D eigenvalue weighted by atomic mass is 10.2. The molecule has 0 radical (unpaired) electrons. The maximum atomic E-state index is 10.7. The number of unbranched alkanes of at least 4 members (excludes halogenated alkanes) is 1. The number of ether oxygens (including phenoxy) is 1. The Bertz CT molecular complexity index is 391. The summed E-state index contributed by atoms with van der Waals surface area (Å²) in [6.07, 6.45) is 2.35. The van der Waals surface area contributed by atoms with E-state index in [-0.39, 0.29) is 5.56 Å². The third-order valence-corrected chi connectivity index (χ3v) is 2.86. The number of carbonyl (C=O) groups is 1. The zero-order valence-corrected chi connectivity index (χ0v) is 12.3. The van der Waals surface area contributed by atoms with Gasteiger partial charge in [0.1, 0.15) is 12.4 Å². The summed E-state index contributed by atoms with van der Waals surface area (Å²) in [5, 5.41) is 12.1. The number of carboxylic acids is 1. The minimum Gasteiger partial charge on any atom is -0.492 e. The summed E-state index contributed by atoms with van der Waals surface area (Å²) in [5.41, 5.74) is 0.274. The highest BCUT2D eigenvalue weighted by atomic mass is 16.5. The van der Waals surface area contributed by atoms with Gasteiger partial charge < -0.3 is 20.1 Å². The molecular weight excluding hydrogens is 256 g/mol. The first-order valence-electron chi connectivity index (χ1n) is 6.91. The minimum absolute atomic E-state index is 0.274. The van der Waals surface area contributed by atoms with E-state index in [0.717, 1.165) is 26.1 Å². The Hall–Kier alpha value is -1.59. The van der Waals surface area contributed by atoms with Crippen LogP contribution in [0.1, 0.15) is 23.2 Å². The first-order chi connectivity index (χ1) is 9.59. The van der Waals surface area contributed by atoms with Crippen LogP contribution in [0.2, 0.25) is 0 Å². The van der Waals surface area contributed by atoms with Crippen LogP contribution in [0.3, 0.4) is 0 Å². The zero-order chi connectivity index (χ0) is 14.8. The van der Waals surface area contributed by atoms with Gasteiger partial charge in [0.2, 0.25) is 0 Å². The van der Waals surface area contributed by atoms with Crippen molar-refractivity contribution in [3.8, 4) is 5.75 Å². The van der Waals surface area contributed by atoms with Gasteiger partial charge >= 0.3 is 5.97 Å². The summed E-state index contributed by atoms with van der Waals surface area (Å²) in [7, 11) is 4.16. The molecule has 0 atom stereocenters. The van der Waals surface area contributed by atoms with Crippen molar-refractivity contribution < 1.29 is 14.6 Å². The molecule has 20 heavy (non-hydrogen) atoms. The summed E-state index contributed by atoms with van der Waals surface area (Å²) in [4.78, 5) is 12.9. The number of hydrogen-bond acceptors (Lipinski definition) is 4. The monoisotopic (exact) mass is 280 g/mol. The molecule has 0 aliphatic carbocycles. The highest BCUT2D eigenvalue weighted by Crippen LogP contribution is 2.11. The van der Waals surface area contributed by atoms with Crippen LogP contribution >= 0.6 is 0 Å². The molecule has 0 bridgehead atoms. The second-order valence-corrected chi connectivity index (χ2v) is 4.94. The van der Waals surface area contributed by atoms with Gasteiger partial charge in [-0.05, 0) is 64.3 Å². The Kier molecular flexibility index (Phi) is 7.69. The Morgan fingerprint density at radius 1 is 1.20 bits per heavy atom. The van der Waals surface area contributed by atoms with Crippen LogP contribution in [-0.2, 0) is 0 Å². The predicted molar refractivity (Wildman–Crippen MR) is 79.6 cm³/mol. The van der Waals surface area contributed by atoms with Crippen LogP contribution < -0.4 is 10.1 Å². The number of aromatic carboxylic acids is 1. The molecule has 5 nitrogen and oxygen atoms in total. The molecule has 2 N–H and O–H groups in total. The van der Waals surface area contributed by atoms with E-state index in [1.165, 1.54) is 6.42 Å². The number of rotatable bonds is 10. The summed E-state index contributed by atoms with van der Waals surface area (Å²) >= 11 is 0.